The molecular weight excluding hydrogens is 218 g/mol. The van der Waals surface area contributed by atoms with Gasteiger partial charge in [-0.1, -0.05) is 32.6 Å². The number of ether oxygens (including phenoxy) is 1. The SMILES string of the molecule is CCCCC1O[C@@H]1C(=O)N[C@H]1CCCC[C@@H]1O. The minimum absolute atomic E-state index is 0.0305. The fourth-order valence-corrected chi connectivity index (χ4v) is 2.54. The van der Waals surface area contributed by atoms with Crippen molar-refractivity contribution >= 4 is 5.91 Å². The van der Waals surface area contributed by atoms with Gasteiger partial charge in [0.1, 0.15) is 0 Å². The van der Waals surface area contributed by atoms with E-state index in [0.717, 1.165) is 44.9 Å². The third-order valence-electron chi connectivity index (χ3n) is 3.74. The summed E-state index contributed by atoms with van der Waals surface area (Å²) in [5.41, 5.74) is 0. The first-order valence-electron chi connectivity index (χ1n) is 6.86. The van der Waals surface area contributed by atoms with Crippen molar-refractivity contribution < 1.29 is 14.6 Å². The van der Waals surface area contributed by atoms with Gasteiger partial charge in [-0.2, -0.15) is 0 Å². The second kappa shape index (κ2) is 5.83. The lowest BCUT2D eigenvalue weighted by Crippen LogP contribution is -2.46. The van der Waals surface area contributed by atoms with Gasteiger partial charge in [-0.3, -0.25) is 4.79 Å². The van der Waals surface area contributed by atoms with Gasteiger partial charge in [-0.05, 0) is 19.3 Å². The van der Waals surface area contributed by atoms with Crippen molar-refractivity contribution in [2.75, 3.05) is 0 Å². The van der Waals surface area contributed by atoms with Gasteiger partial charge in [0.2, 0.25) is 0 Å². The quantitative estimate of drug-likeness (QED) is 0.714. The number of rotatable bonds is 5. The topological polar surface area (TPSA) is 61.9 Å². The number of hydrogen-bond acceptors (Lipinski definition) is 3. The lowest BCUT2D eigenvalue weighted by atomic mass is 9.92. The zero-order chi connectivity index (χ0) is 12.3. The van der Waals surface area contributed by atoms with Crippen LogP contribution in [0, 0.1) is 0 Å². The van der Waals surface area contributed by atoms with Gasteiger partial charge < -0.3 is 15.2 Å². The van der Waals surface area contributed by atoms with E-state index in [2.05, 4.69) is 12.2 Å². The average molecular weight is 241 g/mol. The molecule has 0 radical (unpaired) electrons. The van der Waals surface area contributed by atoms with E-state index < -0.39 is 0 Å². The Bertz CT molecular complexity index is 269. The molecule has 0 spiro atoms. The van der Waals surface area contributed by atoms with E-state index in [1.807, 2.05) is 0 Å². The molecule has 2 aliphatic rings. The average Bonchev–Trinajstić information content (AvgIpc) is 3.09. The summed E-state index contributed by atoms with van der Waals surface area (Å²) in [7, 11) is 0. The maximum absolute atomic E-state index is 11.8. The molecule has 1 saturated carbocycles. The molecule has 1 saturated heterocycles. The Balaban J connectivity index is 1.71. The molecule has 0 bridgehead atoms. The fraction of sp³-hybridized carbons (Fsp3) is 0.923. The number of aliphatic hydroxyl groups excluding tert-OH is 1. The van der Waals surface area contributed by atoms with Crippen molar-refractivity contribution in [2.24, 2.45) is 0 Å². The molecule has 2 fully saturated rings. The third kappa shape index (κ3) is 3.42. The first kappa shape index (κ1) is 12.8. The first-order valence-corrected chi connectivity index (χ1v) is 6.86. The first-order chi connectivity index (χ1) is 8.22. The molecule has 98 valence electrons. The van der Waals surface area contributed by atoms with Crippen molar-refractivity contribution in [2.45, 2.75) is 76.2 Å². The largest absolute Gasteiger partial charge is 0.391 e. The summed E-state index contributed by atoms with van der Waals surface area (Å²) < 4.78 is 5.36. The highest BCUT2D eigenvalue weighted by molar-refractivity contribution is 5.84. The summed E-state index contributed by atoms with van der Waals surface area (Å²) in [5, 5.41) is 12.7. The van der Waals surface area contributed by atoms with Crippen molar-refractivity contribution in [1.29, 1.82) is 0 Å². The van der Waals surface area contributed by atoms with Gasteiger partial charge in [0.25, 0.3) is 5.91 Å². The molecule has 1 aliphatic heterocycles. The van der Waals surface area contributed by atoms with Gasteiger partial charge in [0.05, 0.1) is 18.2 Å². The maximum Gasteiger partial charge on any atom is 0.252 e. The minimum Gasteiger partial charge on any atom is -0.391 e. The predicted molar refractivity (Wildman–Crippen MR) is 64.6 cm³/mol. The van der Waals surface area contributed by atoms with Crippen molar-refractivity contribution in [3.8, 4) is 0 Å². The van der Waals surface area contributed by atoms with Crippen LogP contribution in [0.2, 0.25) is 0 Å². The molecule has 0 aromatic rings. The number of epoxide rings is 1. The maximum atomic E-state index is 11.8. The van der Waals surface area contributed by atoms with Crippen LogP contribution in [-0.4, -0.2) is 35.4 Å². The summed E-state index contributed by atoms with van der Waals surface area (Å²) in [5.74, 6) is -0.0305. The molecule has 2 N–H and O–H groups in total. The number of aliphatic hydroxyl groups is 1. The lowest BCUT2D eigenvalue weighted by Gasteiger charge is -2.28. The Morgan fingerprint density at radius 2 is 2.18 bits per heavy atom. The summed E-state index contributed by atoms with van der Waals surface area (Å²) >= 11 is 0. The Kier molecular flexibility index (Phi) is 4.40. The van der Waals surface area contributed by atoms with Crippen LogP contribution in [0.15, 0.2) is 0 Å². The van der Waals surface area contributed by atoms with Crippen molar-refractivity contribution in [3.63, 3.8) is 0 Å². The number of amides is 1. The Hall–Kier alpha value is -0.610. The molecule has 17 heavy (non-hydrogen) atoms. The second-order valence-corrected chi connectivity index (χ2v) is 5.20. The van der Waals surface area contributed by atoms with E-state index in [9.17, 15) is 9.90 Å². The van der Waals surface area contributed by atoms with Gasteiger partial charge in [-0.15, -0.1) is 0 Å². The van der Waals surface area contributed by atoms with Gasteiger partial charge in [0.15, 0.2) is 6.10 Å². The predicted octanol–water partition coefficient (Wildman–Crippen LogP) is 1.36. The van der Waals surface area contributed by atoms with Crippen LogP contribution < -0.4 is 5.32 Å². The summed E-state index contributed by atoms with van der Waals surface area (Å²) in [6, 6.07) is -0.0627. The van der Waals surface area contributed by atoms with Crippen LogP contribution in [0.25, 0.3) is 0 Å². The molecule has 2 rings (SSSR count). The van der Waals surface area contributed by atoms with E-state index in [4.69, 9.17) is 4.74 Å². The Morgan fingerprint density at radius 3 is 2.88 bits per heavy atom. The number of carbonyl (C=O) groups excluding carboxylic acids is 1. The van der Waals surface area contributed by atoms with E-state index in [-0.39, 0.29) is 30.3 Å². The molecule has 1 unspecified atom stereocenters. The van der Waals surface area contributed by atoms with Crippen molar-refractivity contribution in [1.82, 2.24) is 5.32 Å². The van der Waals surface area contributed by atoms with Gasteiger partial charge in [0, 0.05) is 0 Å². The van der Waals surface area contributed by atoms with Crippen LogP contribution in [0.5, 0.6) is 0 Å². The molecule has 4 nitrogen and oxygen atoms in total. The van der Waals surface area contributed by atoms with Crippen LogP contribution in [0.3, 0.4) is 0 Å². The monoisotopic (exact) mass is 241 g/mol. The van der Waals surface area contributed by atoms with Crippen LogP contribution in [0.4, 0.5) is 0 Å². The Morgan fingerprint density at radius 1 is 1.41 bits per heavy atom. The highest BCUT2D eigenvalue weighted by Gasteiger charge is 2.45. The van der Waals surface area contributed by atoms with Gasteiger partial charge in [-0.25, -0.2) is 0 Å². The standard InChI is InChI=1S/C13H23NO3/c1-2-3-8-11-12(17-11)13(16)14-9-6-4-5-7-10(9)15/h9-12,15H,2-8H2,1H3,(H,14,16)/t9-,10-,11?,12-/m0/s1. The molecule has 4 atom stereocenters. The molecule has 1 heterocycles. The molecule has 0 aromatic carbocycles. The van der Waals surface area contributed by atoms with E-state index in [1.165, 1.54) is 0 Å². The van der Waals surface area contributed by atoms with Crippen molar-refractivity contribution in [3.05, 3.63) is 0 Å². The number of nitrogens with one attached hydrogen (secondary N) is 1. The van der Waals surface area contributed by atoms with Crippen LogP contribution in [0.1, 0.15) is 51.9 Å². The molecule has 4 heteroatoms. The molecule has 1 aliphatic carbocycles. The van der Waals surface area contributed by atoms with E-state index >= 15 is 0 Å². The summed E-state index contributed by atoms with van der Waals surface area (Å²) in [6.07, 6.45) is 6.55. The normalized spacial score (nSPS) is 36.6. The smallest absolute Gasteiger partial charge is 0.252 e. The van der Waals surface area contributed by atoms with E-state index in [1.54, 1.807) is 0 Å². The fourth-order valence-electron chi connectivity index (χ4n) is 2.54. The second-order valence-electron chi connectivity index (χ2n) is 5.20. The number of unbranched alkanes of at least 4 members (excludes halogenated alkanes) is 1. The Labute approximate surface area is 103 Å². The highest BCUT2D eigenvalue weighted by Crippen LogP contribution is 2.28. The third-order valence-corrected chi connectivity index (χ3v) is 3.74. The van der Waals surface area contributed by atoms with Crippen LogP contribution >= 0.6 is 0 Å². The summed E-state index contributed by atoms with van der Waals surface area (Å²) in [6.45, 7) is 2.13. The summed E-state index contributed by atoms with van der Waals surface area (Å²) in [4.78, 5) is 11.8. The highest BCUT2D eigenvalue weighted by atomic mass is 16.6. The lowest BCUT2D eigenvalue weighted by molar-refractivity contribution is -0.124. The number of hydrogen-bond donors (Lipinski definition) is 2. The van der Waals surface area contributed by atoms with Gasteiger partial charge >= 0.3 is 0 Å². The molecule has 1 amide bonds. The van der Waals surface area contributed by atoms with Crippen LogP contribution in [-0.2, 0) is 9.53 Å². The molecular formula is C13H23NO3. The molecule has 0 aromatic heterocycles. The minimum atomic E-state index is -0.374. The number of carbonyl (C=O) groups is 1. The zero-order valence-electron chi connectivity index (χ0n) is 10.5. The zero-order valence-corrected chi connectivity index (χ0v) is 10.5. The van der Waals surface area contributed by atoms with E-state index in [0.29, 0.717) is 0 Å².